The van der Waals surface area contributed by atoms with Crippen LogP contribution in [0.25, 0.3) is 0 Å². The highest BCUT2D eigenvalue weighted by Crippen LogP contribution is 2.38. The van der Waals surface area contributed by atoms with Crippen LogP contribution < -0.4 is 0 Å². The lowest BCUT2D eigenvalue weighted by molar-refractivity contribution is -0.209. The van der Waals surface area contributed by atoms with E-state index < -0.39 is 11.9 Å². The van der Waals surface area contributed by atoms with Crippen LogP contribution in [0.3, 0.4) is 0 Å². The Balaban J connectivity index is 2.87. The molecule has 0 radical (unpaired) electrons. The highest BCUT2D eigenvalue weighted by Gasteiger charge is 2.57. The van der Waals surface area contributed by atoms with Crippen molar-refractivity contribution in [3.63, 3.8) is 0 Å². The van der Waals surface area contributed by atoms with Gasteiger partial charge in [-0.2, -0.15) is 5.06 Å². The first kappa shape index (κ1) is 20.8. The summed E-state index contributed by atoms with van der Waals surface area (Å²) in [4.78, 5) is 0. The van der Waals surface area contributed by atoms with Crippen LogP contribution >= 0.6 is 0 Å². The Morgan fingerprint density at radius 1 is 1.13 bits per heavy atom. The van der Waals surface area contributed by atoms with Gasteiger partial charge in [0.2, 0.25) is 0 Å². The molecule has 1 saturated heterocycles. The second-order valence-corrected chi connectivity index (χ2v) is 6.26. The minimum Gasteiger partial charge on any atom is -0.378 e. The van der Waals surface area contributed by atoms with Crippen molar-refractivity contribution in [3.8, 4) is 0 Å². The van der Waals surface area contributed by atoms with Gasteiger partial charge in [0.05, 0.1) is 6.61 Å². The molecule has 138 valence electrons. The number of ether oxygens (including phenoxy) is 4. The number of unbranched alkanes of at least 4 members (excludes halogenated alkanes) is 2. The minimum absolute atomic E-state index is 0.291. The van der Waals surface area contributed by atoms with Crippen molar-refractivity contribution in [1.29, 1.82) is 0 Å². The van der Waals surface area contributed by atoms with Crippen molar-refractivity contribution in [1.82, 2.24) is 5.06 Å². The molecule has 23 heavy (non-hydrogen) atoms. The highest BCUT2D eigenvalue weighted by molar-refractivity contribution is 5.03. The molecule has 1 aliphatic rings. The van der Waals surface area contributed by atoms with Crippen molar-refractivity contribution in [3.05, 3.63) is 0 Å². The van der Waals surface area contributed by atoms with Crippen molar-refractivity contribution >= 4 is 0 Å². The summed E-state index contributed by atoms with van der Waals surface area (Å²) in [7, 11) is 3.20. The molecule has 0 saturated carbocycles. The molecule has 4 atom stereocenters. The van der Waals surface area contributed by atoms with E-state index in [1.807, 2.05) is 0 Å². The maximum absolute atomic E-state index is 10.1. The van der Waals surface area contributed by atoms with Gasteiger partial charge in [-0.25, -0.2) is 0 Å². The van der Waals surface area contributed by atoms with E-state index >= 15 is 0 Å². The largest absolute Gasteiger partial charge is 0.378 e. The molecule has 0 bridgehead atoms. The standard InChI is InChI=1S/C17H35NO5/c1-6-9-11-21-13-17(8-3)15(22-12-10-7-2)14(18(4)19)16(20-5)23-17/h14-16,19H,6-13H2,1-5H3/t14-,15+,16?,17-/m1/s1. The molecule has 1 N–H and O–H groups in total. The fraction of sp³-hybridized carbons (Fsp3) is 1.00. The van der Waals surface area contributed by atoms with Gasteiger partial charge < -0.3 is 24.2 Å². The number of likely N-dealkylation sites (N-methyl/N-ethyl adjacent to an activating group) is 1. The predicted molar refractivity (Wildman–Crippen MR) is 88.6 cm³/mol. The maximum atomic E-state index is 10.1. The molecule has 0 spiro atoms. The molecule has 6 heteroatoms. The molecule has 1 heterocycles. The number of nitrogens with zero attached hydrogens (tertiary/aromatic N) is 1. The Labute approximate surface area is 141 Å². The van der Waals surface area contributed by atoms with Gasteiger partial charge in [0.15, 0.2) is 6.29 Å². The van der Waals surface area contributed by atoms with Gasteiger partial charge in [-0.05, 0) is 19.3 Å². The average Bonchev–Trinajstić information content (AvgIpc) is 2.86. The van der Waals surface area contributed by atoms with E-state index in [2.05, 4.69) is 20.8 Å². The third-order valence-electron chi connectivity index (χ3n) is 4.50. The van der Waals surface area contributed by atoms with Crippen LogP contribution in [-0.2, 0) is 18.9 Å². The van der Waals surface area contributed by atoms with E-state index in [9.17, 15) is 5.21 Å². The van der Waals surface area contributed by atoms with Gasteiger partial charge in [-0.1, -0.05) is 33.6 Å². The summed E-state index contributed by atoms with van der Waals surface area (Å²) in [5.41, 5.74) is -0.593. The first-order valence-electron chi connectivity index (χ1n) is 8.87. The molecular formula is C17H35NO5. The van der Waals surface area contributed by atoms with E-state index in [0.29, 0.717) is 19.8 Å². The molecule has 0 aromatic heterocycles. The Hall–Kier alpha value is -0.240. The fourth-order valence-corrected chi connectivity index (χ4v) is 2.98. The molecule has 0 amide bonds. The SMILES string of the molecule is CCCCOC[C@@]1(CC)OC(OC)[C@H](N(C)O)[C@@H]1OCCCC. The zero-order chi connectivity index (χ0) is 17.3. The number of hydroxylamine groups is 2. The van der Waals surface area contributed by atoms with Gasteiger partial charge in [-0.15, -0.1) is 0 Å². The number of hydrogen-bond donors (Lipinski definition) is 1. The summed E-state index contributed by atoms with van der Waals surface area (Å²) < 4.78 is 23.6. The summed E-state index contributed by atoms with van der Waals surface area (Å²) in [6, 6.07) is -0.369. The van der Waals surface area contributed by atoms with Gasteiger partial charge >= 0.3 is 0 Å². The molecule has 0 aromatic carbocycles. The average molecular weight is 333 g/mol. The van der Waals surface area contributed by atoms with E-state index in [-0.39, 0.29) is 12.1 Å². The third kappa shape index (κ3) is 5.37. The summed E-state index contributed by atoms with van der Waals surface area (Å²) in [6.07, 6.45) is 4.07. The molecule has 1 fully saturated rings. The number of hydrogen-bond acceptors (Lipinski definition) is 6. The first-order valence-corrected chi connectivity index (χ1v) is 8.87. The van der Waals surface area contributed by atoms with Gasteiger partial charge in [0.25, 0.3) is 0 Å². The second kappa shape index (κ2) is 10.6. The van der Waals surface area contributed by atoms with E-state index in [1.165, 1.54) is 0 Å². The van der Waals surface area contributed by atoms with Crippen LogP contribution in [0.15, 0.2) is 0 Å². The van der Waals surface area contributed by atoms with Crippen molar-refractivity contribution in [2.45, 2.75) is 76.9 Å². The van der Waals surface area contributed by atoms with Gasteiger partial charge in [-0.3, -0.25) is 0 Å². The Morgan fingerprint density at radius 2 is 1.78 bits per heavy atom. The zero-order valence-corrected chi connectivity index (χ0v) is 15.4. The topological polar surface area (TPSA) is 60.4 Å². The maximum Gasteiger partial charge on any atom is 0.178 e. The van der Waals surface area contributed by atoms with Crippen molar-refractivity contribution < 1.29 is 24.2 Å². The fourth-order valence-electron chi connectivity index (χ4n) is 2.98. The summed E-state index contributed by atoms with van der Waals surface area (Å²) in [5, 5.41) is 11.2. The van der Waals surface area contributed by atoms with Gasteiger partial charge in [0.1, 0.15) is 17.7 Å². The van der Waals surface area contributed by atoms with Crippen LogP contribution in [0.4, 0.5) is 0 Å². The molecule has 0 aromatic rings. The van der Waals surface area contributed by atoms with Crippen LogP contribution in [-0.4, -0.2) is 68.3 Å². The number of rotatable bonds is 12. The zero-order valence-electron chi connectivity index (χ0n) is 15.4. The monoisotopic (exact) mass is 333 g/mol. The molecule has 6 nitrogen and oxygen atoms in total. The van der Waals surface area contributed by atoms with Crippen LogP contribution in [0.5, 0.6) is 0 Å². The Kier molecular flexibility index (Phi) is 9.58. The van der Waals surface area contributed by atoms with Crippen LogP contribution in [0.2, 0.25) is 0 Å². The predicted octanol–water partition coefficient (Wildman–Crippen LogP) is 2.83. The lowest BCUT2D eigenvalue weighted by Crippen LogP contribution is -2.52. The van der Waals surface area contributed by atoms with Gasteiger partial charge in [0, 0.05) is 27.4 Å². The van der Waals surface area contributed by atoms with Crippen molar-refractivity contribution in [2.75, 3.05) is 34.0 Å². The van der Waals surface area contributed by atoms with Crippen molar-refractivity contribution in [2.24, 2.45) is 0 Å². The smallest absolute Gasteiger partial charge is 0.178 e. The second-order valence-electron chi connectivity index (χ2n) is 6.26. The normalized spacial score (nSPS) is 31.2. The van der Waals surface area contributed by atoms with E-state index in [0.717, 1.165) is 37.2 Å². The number of methoxy groups -OCH3 is 1. The van der Waals surface area contributed by atoms with E-state index in [1.54, 1.807) is 14.2 Å². The van der Waals surface area contributed by atoms with Crippen LogP contribution in [0, 0.1) is 0 Å². The minimum atomic E-state index is -0.593. The Bertz CT molecular complexity index is 315. The third-order valence-corrected chi connectivity index (χ3v) is 4.50. The quantitative estimate of drug-likeness (QED) is 0.438. The molecular weight excluding hydrogens is 298 g/mol. The molecule has 0 aliphatic carbocycles. The summed E-state index contributed by atoms with van der Waals surface area (Å²) in [6.45, 7) is 8.13. The summed E-state index contributed by atoms with van der Waals surface area (Å²) in [5.74, 6) is 0. The lowest BCUT2D eigenvalue weighted by atomic mass is 9.91. The highest BCUT2D eigenvalue weighted by atomic mass is 16.7. The molecule has 1 aliphatic heterocycles. The molecule has 1 rings (SSSR count). The molecule has 1 unspecified atom stereocenters. The first-order chi connectivity index (χ1) is 11.1. The van der Waals surface area contributed by atoms with Crippen LogP contribution in [0.1, 0.15) is 52.9 Å². The summed E-state index contributed by atoms with van der Waals surface area (Å²) >= 11 is 0. The lowest BCUT2D eigenvalue weighted by Gasteiger charge is -2.35. The Morgan fingerprint density at radius 3 is 2.30 bits per heavy atom. The van der Waals surface area contributed by atoms with E-state index in [4.69, 9.17) is 18.9 Å².